The monoisotopic (exact) mass is 349 g/mol. The number of fused-ring (bicyclic) bond motifs is 1. The normalized spacial score (nSPS) is 13.3. The first-order chi connectivity index (χ1) is 10.8. The third-order valence-corrected chi connectivity index (χ3v) is 4.53. The Morgan fingerprint density at radius 1 is 1.09 bits per heavy atom. The van der Waals surface area contributed by atoms with Crippen LogP contribution in [0.4, 0.5) is 0 Å². The third-order valence-electron chi connectivity index (χ3n) is 3.59. The zero-order valence-electron chi connectivity index (χ0n) is 12.8. The Labute approximate surface area is 146 Å². The molecule has 0 unspecified atom stereocenters. The number of halogens is 1. The summed E-state index contributed by atoms with van der Waals surface area (Å²) in [5.41, 5.74) is 0.971. The van der Waals surface area contributed by atoms with Crippen LogP contribution >= 0.6 is 23.7 Å². The van der Waals surface area contributed by atoms with Crippen LogP contribution in [0.2, 0.25) is 0 Å². The molecular formula is C18H20ClNO2S. The number of rotatable bonds is 6. The van der Waals surface area contributed by atoms with Gasteiger partial charge in [0.2, 0.25) is 0 Å². The standard InChI is InChI=1S/C18H19NO2S.ClH/c1-19-12-15(20)17(13-6-3-2-4-7-13)21-16-9-5-8-14-10-11-22-18(14)16;/h2-11,15,17,19-20H,12H2,1H3;1H/t15-,17+;/m0./s1. The predicted octanol–water partition coefficient (Wildman–Crippen LogP) is 4.02. The third kappa shape index (κ3) is 4.03. The Morgan fingerprint density at radius 3 is 2.61 bits per heavy atom. The zero-order valence-corrected chi connectivity index (χ0v) is 14.4. The molecule has 3 nitrogen and oxygen atoms in total. The molecule has 0 amide bonds. The second kappa shape index (κ2) is 8.31. The van der Waals surface area contributed by atoms with Crippen molar-refractivity contribution in [1.82, 2.24) is 5.32 Å². The van der Waals surface area contributed by atoms with Gasteiger partial charge >= 0.3 is 0 Å². The summed E-state index contributed by atoms with van der Waals surface area (Å²) in [5, 5.41) is 16.7. The quantitative estimate of drug-likeness (QED) is 0.706. The van der Waals surface area contributed by atoms with Gasteiger partial charge in [-0.25, -0.2) is 0 Å². The van der Waals surface area contributed by atoms with Crippen LogP contribution in [-0.2, 0) is 0 Å². The lowest BCUT2D eigenvalue weighted by molar-refractivity contribution is 0.0380. The molecule has 3 aromatic rings. The van der Waals surface area contributed by atoms with Gasteiger partial charge in [-0.2, -0.15) is 0 Å². The minimum absolute atomic E-state index is 0. The Kier molecular flexibility index (Phi) is 6.42. The van der Waals surface area contributed by atoms with Gasteiger partial charge in [0.05, 0.1) is 4.70 Å². The average Bonchev–Trinajstić information content (AvgIpc) is 3.03. The van der Waals surface area contributed by atoms with Crippen molar-refractivity contribution in [2.45, 2.75) is 12.2 Å². The van der Waals surface area contributed by atoms with Crippen molar-refractivity contribution in [2.24, 2.45) is 0 Å². The van der Waals surface area contributed by atoms with Gasteiger partial charge in [0.25, 0.3) is 0 Å². The first kappa shape index (κ1) is 17.8. The number of hydrogen-bond acceptors (Lipinski definition) is 4. The molecule has 2 atom stereocenters. The Morgan fingerprint density at radius 2 is 1.87 bits per heavy atom. The average molecular weight is 350 g/mol. The summed E-state index contributed by atoms with van der Waals surface area (Å²) >= 11 is 1.65. The molecule has 5 heteroatoms. The molecule has 0 aliphatic rings. The summed E-state index contributed by atoms with van der Waals surface area (Å²) in [6.07, 6.45) is -1.02. The van der Waals surface area contributed by atoms with Gasteiger partial charge in [-0.15, -0.1) is 23.7 Å². The number of benzene rings is 2. The molecule has 0 fully saturated rings. The maximum Gasteiger partial charge on any atom is 0.151 e. The lowest BCUT2D eigenvalue weighted by Crippen LogP contribution is -2.32. The molecule has 0 aliphatic carbocycles. The van der Waals surface area contributed by atoms with Crippen LogP contribution in [0, 0.1) is 0 Å². The lowest BCUT2D eigenvalue weighted by atomic mass is 10.0. The number of likely N-dealkylation sites (N-methyl/N-ethyl adjacent to an activating group) is 1. The Bertz CT molecular complexity index is 732. The molecule has 122 valence electrons. The van der Waals surface area contributed by atoms with Crippen molar-refractivity contribution in [3.8, 4) is 5.75 Å². The SMILES string of the molecule is CNC[C@H](O)[C@H](Oc1cccc2ccsc12)c1ccccc1.Cl. The zero-order chi connectivity index (χ0) is 15.4. The van der Waals surface area contributed by atoms with Crippen molar-refractivity contribution >= 4 is 33.8 Å². The molecule has 1 aromatic heterocycles. The summed E-state index contributed by atoms with van der Waals surface area (Å²) < 4.78 is 7.32. The number of hydrogen-bond donors (Lipinski definition) is 2. The number of nitrogens with one attached hydrogen (secondary N) is 1. The summed E-state index contributed by atoms with van der Waals surface area (Å²) in [7, 11) is 1.82. The molecule has 0 saturated heterocycles. The first-order valence-electron chi connectivity index (χ1n) is 7.30. The molecule has 0 aliphatic heterocycles. The van der Waals surface area contributed by atoms with E-state index in [0.29, 0.717) is 6.54 Å². The largest absolute Gasteiger partial charge is 0.481 e. The molecule has 2 N–H and O–H groups in total. The summed E-state index contributed by atoms with van der Waals surface area (Å²) in [4.78, 5) is 0. The minimum atomic E-state index is -0.623. The van der Waals surface area contributed by atoms with Gasteiger partial charge in [-0.3, -0.25) is 0 Å². The number of aliphatic hydroxyl groups excluding tert-OH is 1. The summed E-state index contributed by atoms with van der Waals surface area (Å²) in [5.74, 6) is 0.816. The van der Waals surface area contributed by atoms with E-state index in [0.717, 1.165) is 21.4 Å². The van der Waals surface area contributed by atoms with Crippen molar-refractivity contribution in [3.63, 3.8) is 0 Å². The predicted molar refractivity (Wildman–Crippen MR) is 98.8 cm³/mol. The van der Waals surface area contributed by atoms with E-state index in [1.54, 1.807) is 11.3 Å². The van der Waals surface area contributed by atoms with E-state index in [-0.39, 0.29) is 12.4 Å². The highest BCUT2D eigenvalue weighted by atomic mass is 35.5. The van der Waals surface area contributed by atoms with E-state index >= 15 is 0 Å². The summed E-state index contributed by atoms with van der Waals surface area (Å²) in [6, 6.07) is 17.9. The van der Waals surface area contributed by atoms with Gasteiger partial charge in [-0.05, 0) is 35.5 Å². The summed E-state index contributed by atoms with van der Waals surface area (Å²) in [6.45, 7) is 0.472. The van der Waals surface area contributed by atoms with E-state index in [9.17, 15) is 5.11 Å². The van der Waals surface area contributed by atoms with Crippen LogP contribution in [0.25, 0.3) is 10.1 Å². The molecule has 0 saturated carbocycles. The van der Waals surface area contributed by atoms with Crippen LogP contribution in [0.3, 0.4) is 0 Å². The van der Waals surface area contributed by atoms with Crippen LogP contribution < -0.4 is 10.1 Å². The number of thiophene rings is 1. The lowest BCUT2D eigenvalue weighted by Gasteiger charge is -2.25. The second-order valence-corrected chi connectivity index (χ2v) is 6.09. The van der Waals surface area contributed by atoms with E-state index in [1.807, 2.05) is 49.5 Å². The number of ether oxygens (including phenoxy) is 1. The molecule has 3 rings (SSSR count). The first-order valence-corrected chi connectivity index (χ1v) is 8.18. The van der Waals surface area contributed by atoms with E-state index in [1.165, 1.54) is 0 Å². The molecule has 1 heterocycles. The fourth-order valence-corrected chi connectivity index (χ4v) is 3.38. The van der Waals surface area contributed by atoms with Crippen LogP contribution in [-0.4, -0.2) is 24.8 Å². The maximum absolute atomic E-state index is 10.5. The second-order valence-electron chi connectivity index (χ2n) is 5.17. The smallest absolute Gasteiger partial charge is 0.151 e. The van der Waals surface area contributed by atoms with Gasteiger partial charge < -0.3 is 15.2 Å². The van der Waals surface area contributed by atoms with Crippen LogP contribution in [0.5, 0.6) is 5.75 Å². The highest BCUT2D eigenvalue weighted by Gasteiger charge is 2.23. The van der Waals surface area contributed by atoms with Crippen molar-refractivity contribution in [3.05, 3.63) is 65.5 Å². The molecule has 0 spiro atoms. The van der Waals surface area contributed by atoms with Crippen molar-refractivity contribution in [2.75, 3.05) is 13.6 Å². The fourth-order valence-electron chi connectivity index (χ4n) is 2.52. The van der Waals surface area contributed by atoms with Gasteiger partial charge in [0, 0.05) is 6.54 Å². The van der Waals surface area contributed by atoms with Crippen molar-refractivity contribution in [1.29, 1.82) is 0 Å². The Hall–Kier alpha value is -1.59. The van der Waals surface area contributed by atoms with E-state index in [2.05, 4.69) is 22.8 Å². The van der Waals surface area contributed by atoms with Gasteiger partial charge in [0.15, 0.2) is 6.10 Å². The molecule has 2 aromatic carbocycles. The fraction of sp³-hybridized carbons (Fsp3) is 0.222. The molecule has 23 heavy (non-hydrogen) atoms. The molecule has 0 bridgehead atoms. The number of aliphatic hydroxyl groups is 1. The minimum Gasteiger partial charge on any atom is -0.481 e. The van der Waals surface area contributed by atoms with Gasteiger partial charge in [0.1, 0.15) is 11.9 Å². The van der Waals surface area contributed by atoms with Crippen molar-refractivity contribution < 1.29 is 9.84 Å². The Balaban J connectivity index is 0.00000192. The van der Waals surface area contributed by atoms with Gasteiger partial charge in [-0.1, -0.05) is 42.5 Å². The highest BCUT2D eigenvalue weighted by molar-refractivity contribution is 7.17. The molecular weight excluding hydrogens is 330 g/mol. The highest BCUT2D eigenvalue weighted by Crippen LogP contribution is 2.34. The topological polar surface area (TPSA) is 41.5 Å². The van der Waals surface area contributed by atoms with E-state index < -0.39 is 12.2 Å². The molecule has 0 radical (unpaired) electrons. The van der Waals surface area contributed by atoms with Crippen LogP contribution in [0.1, 0.15) is 11.7 Å². The maximum atomic E-state index is 10.5. The van der Waals surface area contributed by atoms with E-state index in [4.69, 9.17) is 4.74 Å². The van der Waals surface area contributed by atoms with Crippen LogP contribution in [0.15, 0.2) is 60.0 Å².